The number of hydrogen-bond donors (Lipinski definition) is 0. The standard InChI is InChI=1S/C11H16N4O2S2/c1-14(2)19(16,17)7-5-10-8-15(13-12-10)9-11-4-3-6-18-11/h3-4,6,8H,5,7,9H2,1-2H3. The van der Waals surface area contributed by atoms with E-state index >= 15 is 0 Å². The third-order valence-corrected chi connectivity index (χ3v) is 5.35. The summed E-state index contributed by atoms with van der Waals surface area (Å²) in [6, 6.07) is 4.02. The van der Waals surface area contributed by atoms with Gasteiger partial charge in [-0.15, -0.1) is 16.4 Å². The van der Waals surface area contributed by atoms with Gasteiger partial charge < -0.3 is 0 Å². The van der Waals surface area contributed by atoms with Crippen LogP contribution in [0, 0.1) is 0 Å². The smallest absolute Gasteiger partial charge is 0.213 e. The normalized spacial score (nSPS) is 12.2. The fourth-order valence-corrected chi connectivity index (χ4v) is 3.04. The van der Waals surface area contributed by atoms with Gasteiger partial charge in [-0.25, -0.2) is 17.4 Å². The molecule has 0 aliphatic heterocycles. The van der Waals surface area contributed by atoms with Gasteiger partial charge in [-0.05, 0) is 11.4 Å². The molecule has 8 heteroatoms. The van der Waals surface area contributed by atoms with Crippen molar-refractivity contribution in [3.63, 3.8) is 0 Å². The Morgan fingerprint density at radius 2 is 2.21 bits per heavy atom. The van der Waals surface area contributed by atoms with E-state index in [-0.39, 0.29) is 5.75 Å². The maximum Gasteiger partial charge on any atom is 0.213 e. The van der Waals surface area contributed by atoms with Gasteiger partial charge in [0.15, 0.2) is 0 Å². The Kier molecular flexibility index (Phi) is 4.33. The molecule has 0 saturated carbocycles. The number of sulfonamides is 1. The van der Waals surface area contributed by atoms with Crippen LogP contribution in [-0.4, -0.2) is 47.6 Å². The molecule has 104 valence electrons. The van der Waals surface area contributed by atoms with Crippen molar-refractivity contribution in [1.82, 2.24) is 19.3 Å². The molecule has 0 saturated heterocycles. The highest BCUT2D eigenvalue weighted by Crippen LogP contribution is 2.10. The molecule has 0 aliphatic rings. The minimum absolute atomic E-state index is 0.0533. The van der Waals surface area contributed by atoms with E-state index in [9.17, 15) is 8.42 Å². The van der Waals surface area contributed by atoms with Gasteiger partial charge in [-0.3, -0.25) is 0 Å². The highest BCUT2D eigenvalue weighted by molar-refractivity contribution is 7.89. The van der Waals surface area contributed by atoms with Crippen LogP contribution in [0.25, 0.3) is 0 Å². The molecule has 0 N–H and O–H groups in total. The van der Waals surface area contributed by atoms with Crippen LogP contribution in [-0.2, 0) is 23.0 Å². The van der Waals surface area contributed by atoms with Crippen molar-refractivity contribution >= 4 is 21.4 Å². The number of hydrogen-bond acceptors (Lipinski definition) is 5. The van der Waals surface area contributed by atoms with Gasteiger partial charge in [-0.1, -0.05) is 11.3 Å². The average Bonchev–Trinajstić information content (AvgIpc) is 2.98. The minimum Gasteiger partial charge on any atom is -0.247 e. The van der Waals surface area contributed by atoms with Crippen molar-refractivity contribution < 1.29 is 8.42 Å². The molecule has 0 atom stereocenters. The Hall–Kier alpha value is -1.25. The van der Waals surface area contributed by atoms with E-state index in [2.05, 4.69) is 10.3 Å². The van der Waals surface area contributed by atoms with Crippen LogP contribution in [0.4, 0.5) is 0 Å². The van der Waals surface area contributed by atoms with E-state index in [1.807, 2.05) is 17.5 Å². The SMILES string of the molecule is CN(C)S(=O)(=O)CCc1cn(Cc2cccs2)nn1. The van der Waals surface area contributed by atoms with Gasteiger partial charge in [0.25, 0.3) is 0 Å². The molecule has 19 heavy (non-hydrogen) atoms. The zero-order valence-electron chi connectivity index (χ0n) is 10.9. The summed E-state index contributed by atoms with van der Waals surface area (Å²) in [5.41, 5.74) is 0.696. The van der Waals surface area contributed by atoms with Gasteiger partial charge in [0.2, 0.25) is 10.0 Å². The van der Waals surface area contributed by atoms with Crippen LogP contribution in [0.3, 0.4) is 0 Å². The van der Waals surface area contributed by atoms with Gasteiger partial charge in [-0.2, -0.15) is 0 Å². The lowest BCUT2D eigenvalue weighted by Crippen LogP contribution is -2.26. The Labute approximate surface area is 116 Å². The van der Waals surface area contributed by atoms with Crippen LogP contribution < -0.4 is 0 Å². The van der Waals surface area contributed by atoms with Gasteiger partial charge in [0.05, 0.1) is 18.0 Å². The summed E-state index contributed by atoms with van der Waals surface area (Å²) in [5.74, 6) is 0.0533. The highest BCUT2D eigenvalue weighted by atomic mass is 32.2. The predicted molar refractivity (Wildman–Crippen MR) is 74.6 cm³/mol. The maximum atomic E-state index is 11.6. The van der Waals surface area contributed by atoms with Crippen LogP contribution in [0.2, 0.25) is 0 Å². The van der Waals surface area contributed by atoms with Gasteiger partial charge in [0, 0.05) is 31.6 Å². The number of aryl methyl sites for hydroxylation is 1. The number of nitrogens with zero attached hydrogens (tertiary/aromatic N) is 4. The fraction of sp³-hybridized carbons (Fsp3) is 0.455. The fourth-order valence-electron chi connectivity index (χ4n) is 1.51. The third-order valence-electron chi connectivity index (χ3n) is 2.66. The van der Waals surface area contributed by atoms with Crippen molar-refractivity contribution in [1.29, 1.82) is 0 Å². The van der Waals surface area contributed by atoms with Crippen molar-refractivity contribution in [2.24, 2.45) is 0 Å². The van der Waals surface area contributed by atoms with E-state index in [0.717, 1.165) is 0 Å². The second kappa shape index (κ2) is 5.81. The lowest BCUT2D eigenvalue weighted by Gasteiger charge is -2.09. The van der Waals surface area contributed by atoms with E-state index in [1.54, 1.807) is 22.2 Å². The first-order valence-corrected chi connectivity index (χ1v) is 8.28. The largest absolute Gasteiger partial charge is 0.247 e. The molecular formula is C11H16N4O2S2. The molecule has 0 aliphatic carbocycles. The summed E-state index contributed by atoms with van der Waals surface area (Å²) in [6.07, 6.45) is 2.18. The number of thiophene rings is 1. The van der Waals surface area contributed by atoms with E-state index in [1.165, 1.54) is 23.3 Å². The molecule has 0 fully saturated rings. The average molecular weight is 300 g/mol. The summed E-state index contributed by atoms with van der Waals surface area (Å²) in [5, 5.41) is 10.0. The molecule has 0 radical (unpaired) electrons. The molecule has 2 aromatic heterocycles. The Morgan fingerprint density at radius 1 is 1.42 bits per heavy atom. The third kappa shape index (κ3) is 3.85. The van der Waals surface area contributed by atoms with Crippen LogP contribution >= 0.6 is 11.3 Å². The summed E-state index contributed by atoms with van der Waals surface area (Å²) in [6.45, 7) is 0.672. The Balaban J connectivity index is 1.95. The lowest BCUT2D eigenvalue weighted by molar-refractivity contribution is 0.520. The van der Waals surface area contributed by atoms with E-state index in [0.29, 0.717) is 18.7 Å². The number of rotatable bonds is 6. The Bertz CT molecular complexity index is 617. The van der Waals surface area contributed by atoms with Crippen molar-refractivity contribution in [2.45, 2.75) is 13.0 Å². The molecule has 0 unspecified atom stereocenters. The summed E-state index contributed by atoms with van der Waals surface area (Å²) in [7, 11) is -0.117. The van der Waals surface area contributed by atoms with Gasteiger partial charge >= 0.3 is 0 Å². The van der Waals surface area contributed by atoms with Crippen molar-refractivity contribution in [2.75, 3.05) is 19.8 Å². The van der Waals surface area contributed by atoms with E-state index < -0.39 is 10.0 Å². The first-order chi connectivity index (χ1) is 8.97. The molecule has 2 heterocycles. The molecule has 2 rings (SSSR count). The summed E-state index contributed by atoms with van der Waals surface area (Å²) < 4.78 is 26.2. The summed E-state index contributed by atoms with van der Waals surface area (Å²) >= 11 is 1.66. The molecule has 0 aromatic carbocycles. The number of aromatic nitrogens is 3. The molecule has 2 aromatic rings. The van der Waals surface area contributed by atoms with Crippen LogP contribution in [0.15, 0.2) is 23.7 Å². The molecule has 0 bridgehead atoms. The highest BCUT2D eigenvalue weighted by Gasteiger charge is 2.14. The van der Waals surface area contributed by atoms with Crippen molar-refractivity contribution in [3.05, 3.63) is 34.3 Å². The summed E-state index contributed by atoms with van der Waals surface area (Å²) in [4.78, 5) is 1.19. The first-order valence-electron chi connectivity index (χ1n) is 5.79. The molecule has 6 nitrogen and oxygen atoms in total. The Morgan fingerprint density at radius 3 is 2.84 bits per heavy atom. The second-order valence-electron chi connectivity index (χ2n) is 4.34. The van der Waals surface area contributed by atoms with Gasteiger partial charge in [0.1, 0.15) is 0 Å². The topological polar surface area (TPSA) is 68.1 Å². The molecule has 0 amide bonds. The molecule has 0 spiro atoms. The van der Waals surface area contributed by atoms with E-state index in [4.69, 9.17) is 0 Å². The minimum atomic E-state index is -3.18. The quantitative estimate of drug-likeness (QED) is 0.792. The monoisotopic (exact) mass is 300 g/mol. The lowest BCUT2D eigenvalue weighted by atomic mass is 10.4. The zero-order chi connectivity index (χ0) is 13.9. The van der Waals surface area contributed by atoms with Crippen molar-refractivity contribution in [3.8, 4) is 0 Å². The van der Waals surface area contributed by atoms with Crippen LogP contribution in [0.5, 0.6) is 0 Å². The maximum absolute atomic E-state index is 11.6. The second-order valence-corrected chi connectivity index (χ2v) is 7.67. The predicted octanol–water partition coefficient (Wildman–Crippen LogP) is 0.822. The van der Waals surface area contributed by atoms with Crippen LogP contribution in [0.1, 0.15) is 10.6 Å². The first kappa shape index (κ1) is 14.2. The zero-order valence-corrected chi connectivity index (χ0v) is 12.5. The molecular weight excluding hydrogens is 284 g/mol.